The first-order valence-corrected chi connectivity index (χ1v) is 6.99. The topological polar surface area (TPSA) is 12.0 Å². The predicted molar refractivity (Wildman–Crippen MR) is 82.6 cm³/mol. The highest BCUT2D eigenvalue weighted by Crippen LogP contribution is 2.22. The van der Waals surface area contributed by atoms with Crippen LogP contribution in [0.25, 0.3) is 0 Å². The van der Waals surface area contributed by atoms with E-state index in [2.05, 4.69) is 50.4 Å². The van der Waals surface area contributed by atoms with E-state index in [1.807, 2.05) is 18.2 Å². The molecule has 19 heavy (non-hydrogen) atoms. The summed E-state index contributed by atoms with van der Waals surface area (Å²) in [6, 6.07) is 14.8. The third kappa shape index (κ3) is 3.59. The van der Waals surface area contributed by atoms with Gasteiger partial charge >= 0.3 is 0 Å². The molecule has 0 spiro atoms. The highest BCUT2D eigenvalue weighted by atomic mass is 35.5. The molecule has 0 saturated heterocycles. The van der Waals surface area contributed by atoms with Gasteiger partial charge in [0.15, 0.2) is 0 Å². The van der Waals surface area contributed by atoms with Crippen molar-refractivity contribution in [1.29, 1.82) is 0 Å². The van der Waals surface area contributed by atoms with Gasteiger partial charge in [-0.3, -0.25) is 0 Å². The van der Waals surface area contributed by atoms with E-state index in [0.29, 0.717) is 0 Å². The van der Waals surface area contributed by atoms with Gasteiger partial charge in [0.25, 0.3) is 0 Å². The number of hydrogen-bond donors (Lipinski definition) is 1. The molecule has 0 aliphatic rings. The van der Waals surface area contributed by atoms with Crippen molar-refractivity contribution in [3.8, 4) is 0 Å². The molecule has 2 aromatic rings. The average molecular weight is 274 g/mol. The molecule has 0 aliphatic heterocycles. The van der Waals surface area contributed by atoms with Crippen LogP contribution in [0.3, 0.4) is 0 Å². The van der Waals surface area contributed by atoms with Crippen LogP contribution in [-0.4, -0.2) is 0 Å². The van der Waals surface area contributed by atoms with Crippen LogP contribution >= 0.6 is 11.6 Å². The Hall–Kier alpha value is -1.31. The lowest BCUT2D eigenvalue weighted by Crippen LogP contribution is -2.19. The quantitative estimate of drug-likeness (QED) is 0.843. The van der Waals surface area contributed by atoms with E-state index in [0.717, 1.165) is 17.1 Å². The van der Waals surface area contributed by atoms with Crippen molar-refractivity contribution in [3.05, 3.63) is 69.7 Å². The van der Waals surface area contributed by atoms with E-state index in [-0.39, 0.29) is 6.04 Å². The molecular formula is C17H20ClN. The summed E-state index contributed by atoms with van der Waals surface area (Å²) in [4.78, 5) is 0. The zero-order valence-electron chi connectivity index (χ0n) is 11.7. The molecule has 100 valence electrons. The predicted octanol–water partition coefficient (Wildman–Crippen LogP) is 4.81. The summed E-state index contributed by atoms with van der Waals surface area (Å²) in [5.74, 6) is 0. The van der Waals surface area contributed by atoms with Crippen molar-refractivity contribution in [3.63, 3.8) is 0 Å². The minimum Gasteiger partial charge on any atom is -0.306 e. The fourth-order valence-electron chi connectivity index (χ4n) is 2.19. The van der Waals surface area contributed by atoms with Gasteiger partial charge in [-0.2, -0.15) is 0 Å². The first kappa shape index (κ1) is 14.1. The van der Waals surface area contributed by atoms with Gasteiger partial charge in [-0.05, 0) is 43.5 Å². The summed E-state index contributed by atoms with van der Waals surface area (Å²) in [7, 11) is 0. The molecule has 0 aliphatic carbocycles. The molecule has 2 rings (SSSR count). The van der Waals surface area contributed by atoms with Crippen LogP contribution in [0.5, 0.6) is 0 Å². The summed E-state index contributed by atoms with van der Waals surface area (Å²) in [6.45, 7) is 7.28. The van der Waals surface area contributed by atoms with Crippen LogP contribution in [0.2, 0.25) is 5.02 Å². The van der Waals surface area contributed by atoms with Crippen LogP contribution in [0.4, 0.5) is 0 Å². The Morgan fingerprint density at radius 1 is 1.11 bits per heavy atom. The number of halogens is 1. The Bertz CT molecular complexity index is 563. The highest BCUT2D eigenvalue weighted by Gasteiger charge is 2.09. The fourth-order valence-corrected chi connectivity index (χ4v) is 2.49. The van der Waals surface area contributed by atoms with Gasteiger partial charge in [0.2, 0.25) is 0 Å². The Morgan fingerprint density at radius 2 is 1.84 bits per heavy atom. The summed E-state index contributed by atoms with van der Waals surface area (Å²) >= 11 is 6.22. The standard InChI is InChI=1S/C17H20ClN/c1-12-8-9-13(2)15(10-12)11-19-14(3)16-6-4-5-7-17(16)18/h4-10,14,19H,11H2,1-3H3/t14-/m1/s1. The minimum absolute atomic E-state index is 0.244. The van der Waals surface area contributed by atoms with Gasteiger partial charge < -0.3 is 5.32 Å². The molecular weight excluding hydrogens is 254 g/mol. The Balaban J connectivity index is 2.06. The van der Waals surface area contributed by atoms with Gasteiger partial charge in [-0.15, -0.1) is 0 Å². The molecule has 0 bridgehead atoms. The second-order valence-corrected chi connectivity index (χ2v) is 5.46. The maximum Gasteiger partial charge on any atom is 0.0453 e. The third-order valence-corrected chi connectivity index (χ3v) is 3.82. The van der Waals surface area contributed by atoms with E-state index in [1.54, 1.807) is 0 Å². The molecule has 0 saturated carbocycles. The van der Waals surface area contributed by atoms with E-state index in [4.69, 9.17) is 11.6 Å². The molecule has 0 aromatic heterocycles. The lowest BCUT2D eigenvalue weighted by Gasteiger charge is -2.17. The van der Waals surface area contributed by atoms with E-state index in [9.17, 15) is 0 Å². The number of aryl methyl sites for hydroxylation is 2. The highest BCUT2D eigenvalue weighted by molar-refractivity contribution is 6.31. The van der Waals surface area contributed by atoms with Gasteiger partial charge in [-0.25, -0.2) is 0 Å². The number of nitrogens with one attached hydrogen (secondary N) is 1. The molecule has 0 amide bonds. The zero-order valence-corrected chi connectivity index (χ0v) is 12.5. The molecule has 1 N–H and O–H groups in total. The summed E-state index contributed by atoms with van der Waals surface area (Å²) in [5, 5.41) is 4.36. The second-order valence-electron chi connectivity index (χ2n) is 5.05. The smallest absolute Gasteiger partial charge is 0.0453 e. The van der Waals surface area contributed by atoms with Crippen LogP contribution < -0.4 is 5.32 Å². The third-order valence-electron chi connectivity index (χ3n) is 3.48. The molecule has 1 nitrogen and oxygen atoms in total. The summed E-state index contributed by atoms with van der Waals surface area (Å²) in [5.41, 5.74) is 5.12. The van der Waals surface area contributed by atoms with Crippen LogP contribution in [0, 0.1) is 13.8 Å². The minimum atomic E-state index is 0.244. The largest absolute Gasteiger partial charge is 0.306 e. The van der Waals surface area contributed by atoms with Gasteiger partial charge in [0.1, 0.15) is 0 Å². The monoisotopic (exact) mass is 273 g/mol. The average Bonchev–Trinajstić information content (AvgIpc) is 2.40. The number of hydrogen-bond acceptors (Lipinski definition) is 1. The van der Waals surface area contributed by atoms with Crippen molar-refractivity contribution < 1.29 is 0 Å². The fraction of sp³-hybridized carbons (Fsp3) is 0.294. The molecule has 0 radical (unpaired) electrons. The maximum atomic E-state index is 6.22. The SMILES string of the molecule is Cc1ccc(C)c(CN[C@H](C)c2ccccc2Cl)c1. The Morgan fingerprint density at radius 3 is 2.58 bits per heavy atom. The maximum absolute atomic E-state index is 6.22. The first-order valence-electron chi connectivity index (χ1n) is 6.62. The molecule has 1 atom stereocenters. The van der Waals surface area contributed by atoms with Gasteiger partial charge in [0, 0.05) is 17.6 Å². The van der Waals surface area contributed by atoms with Crippen LogP contribution in [-0.2, 0) is 6.54 Å². The lowest BCUT2D eigenvalue weighted by atomic mass is 10.0. The van der Waals surface area contributed by atoms with E-state index >= 15 is 0 Å². The lowest BCUT2D eigenvalue weighted by molar-refractivity contribution is 0.573. The normalized spacial score (nSPS) is 12.4. The molecule has 2 aromatic carbocycles. The van der Waals surface area contributed by atoms with Crippen molar-refractivity contribution in [2.45, 2.75) is 33.4 Å². The Kier molecular flexibility index (Phi) is 4.62. The van der Waals surface area contributed by atoms with Crippen molar-refractivity contribution in [2.75, 3.05) is 0 Å². The van der Waals surface area contributed by atoms with Gasteiger partial charge in [0.05, 0.1) is 0 Å². The first-order chi connectivity index (χ1) is 9.08. The second kappa shape index (κ2) is 6.23. The number of rotatable bonds is 4. The molecule has 2 heteroatoms. The van der Waals surface area contributed by atoms with E-state index < -0.39 is 0 Å². The summed E-state index contributed by atoms with van der Waals surface area (Å²) < 4.78 is 0. The zero-order chi connectivity index (χ0) is 13.8. The van der Waals surface area contributed by atoms with Crippen LogP contribution in [0.15, 0.2) is 42.5 Å². The Labute approximate surface area is 120 Å². The summed E-state index contributed by atoms with van der Waals surface area (Å²) in [6.07, 6.45) is 0. The van der Waals surface area contributed by atoms with Gasteiger partial charge in [-0.1, -0.05) is 53.6 Å². The molecule has 0 unspecified atom stereocenters. The number of benzene rings is 2. The van der Waals surface area contributed by atoms with Crippen molar-refractivity contribution in [1.82, 2.24) is 5.32 Å². The van der Waals surface area contributed by atoms with E-state index in [1.165, 1.54) is 16.7 Å². The molecule has 0 fully saturated rings. The van der Waals surface area contributed by atoms with Crippen molar-refractivity contribution in [2.24, 2.45) is 0 Å². The van der Waals surface area contributed by atoms with Crippen molar-refractivity contribution >= 4 is 11.6 Å². The van der Waals surface area contributed by atoms with Crippen LogP contribution in [0.1, 0.15) is 35.2 Å². The molecule has 0 heterocycles.